The Morgan fingerprint density at radius 2 is 1.71 bits per heavy atom. The molecule has 3 aromatic carbocycles. The minimum atomic E-state index is -0.235. The van der Waals surface area contributed by atoms with Crippen molar-refractivity contribution in [1.82, 2.24) is 20.2 Å². The quantitative estimate of drug-likeness (QED) is 0.389. The second-order valence-electron chi connectivity index (χ2n) is 10.4. The highest BCUT2D eigenvalue weighted by atomic mass is 16.6. The van der Waals surface area contributed by atoms with Gasteiger partial charge < -0.3 is 24.3 Å². The topological polar surface area (TPSA) is 95.0 Å². The first kappa shape index (κ1) is 27.7. The number of amides is 1. The van der Waals surface area contributed by atoms with Crippen LogP contribution >= 0.6 is 0 Å². The molecule has 9 heteroatoms. The molecule has 0 radical (unpaired) electrons. The lowest BCUT2D eigenvalue weighted by Crippen LogP contribution is -2.44. The molecular formula is C33H34N4O5. The average molecular weight is 567 g/mol. The number of carbonyl (C=O) groups excluding carboxylic acids is 1. The van der Waals surface area contributed by atoms with Crippen LogP contribution in [0.4, 0.5) is 0 Å². The Labute approximate surface area is 245 Å². The van der Waals surface area contributed by atoms with Crippen molar-refractivity contribution in [2.45, 2.75) is 19.1 Å². The molecule has 3 heterocycles. The molecule has 1 unspecified atom stereocenters. The zero-order valence-corrected chi connectivity index (χ0v) is 23.4. The van der Waals surface area contributed by atoms with Crippen molar-refractivity contribution in [1.29, 1.82) is 0 Å². The molecule has 0 saturated carbocycles. The zero-order valence-electron chi connectivity index (χ0n) is 23.4. The summed E-state index contributed by atoms with van der Waals surface area (Å²) in [5.41, 5.74) is 5.38. The van der Waals surface area contributed by atoms with E-state index in [0.29, 0.717) is 58.2 Å². The molecule has 1 N–H and O–H groups in total. The molecular weight excluding hydrogens is 532 g/mol. The molecule has 2 bridgehead atoms. The summed E-state index contributed by atoms with van der Waals surface area (Å²) in [5, 5.41) is 3.02. The first-order chi connectivity index (χ1) is 20.7. The number of benzene rings is 3. The SMILES string of the molecule is O=C(CN1CCOCCOc2ccc(-c3cncnc3)cc2Cc2cccc(c2)C1)NCC1COc2ccccc2O1. The molecule has 1 aromatic heterocycles. The van der Waals surface area contributed by atoms with E-state index in [1.165, 1.54) is 11.9 Å². The van der Waals surface area contributed by atoms with Gasteiger partial charge in [0.1, 0.15) is 31.4 Å². The maximum Gasteiger partial charge on any atom is 0.234 e. The molecule has 0 saturated heterocycles. The third kappa shape index (κ3) is 7.23. The van der Waals surface area contributed by atoms with Crippen LogP contribution in [0.5, 0.6) is 17.2 Å². The van der Waals surface area contributed by atoms with Crippen molar-refractivity contribution in [3.63, 3.8) is 0 Å². The van der Waals surface area contributed by atoms with Crippen LogP contribution in [0.3, 0.4) is 0 Å². The fourth-order valence-electron chi connectivity index (χ4n) is 5.17. The number of nitrogens with one attached hydrogen (secondary N) is 1. The summed E-state index contributed by atoms with van der Waals surface area (Å²) in [6.07, 6.45) is 5.63. The summed E-state index contributed by atoms with van der Waals surface area (Å²) in [7, 11) is 0. The van der Waals surface area contributed by atoms with E-state index in [2.05, 4.69) is 50.5 Å². The van der Waals surface area contributed by atoms with Crippen LogP contribution in [-0.2, 0) is 22.5 Å². The monoisotopic (exact) mass is 566 g/mol. The number of hydrogen-bond acceptors (Lipinski definition) is 8. The Kier molecular flexibility index (Phi) is 8.87. The Bertz CT molecular complexity index is 1500. The van der Waals surface area contributed by atoms with E-state index in [0.717, 1.165) is 33.8 Å². The Morgan fingerprint density at radius 1 is 0.857 bits per heavy atom. The zero-order chi connectivity index (χ0) is 28.6. The highest BCUT2D eigenvalue weighted by Gasteiger charge is 2.22. The number of ether oxygens (including phenoxy) is 4. The van der Waals surface area contributed by atoms with Gasteiger partial charge in [0.05, 0.1) is 26.3 Å². The molecule has 1 atom stereocenters. The summed E-state index contributed by atoms with van der Waals surface area (Å²) in [5.74, 6) is 2.21. The van der Waals surface area contributed by atoms with Gasteiger partial charge in [-0.05, 0) is 46.5 Å². The van der Waals surface area contributed by atoms with Gasteiger partial charge in [0, 0.05) is 37.5 Å². The van der Waals surface area contributed by atoms with Crippen LogP contribution in [0.1, 0.15) is 16.7 Å². The highest BCUT2D eigenvalue weighted by molar-refractivity contribution is 5.78. The smallest absolute Gasteiger partial charge is 0.234 e. The molecule has 9 nitrogen and oxygen atoms in total. The first-order valence-electron chi connectivity index (χ1n) is 14.2. The van der Waals surface area contributed by atoms with E-state index in [1.807, 2.05) is 48.8 Å². The Balaban J connectivity index is 1.12. The van der Waals surface area contributed by atoms with E-state index in [4.69, 9.17) is 18.9 Å². The van der Waals surface area contributed by atoms with Crippen LogP contribution < -0.4 is 19.5 Å². The number of nitrogens with zero attached hydrogens (tertiary/aromatic N) is 3. The van der Waals surface area contributed by atoms with E-state index >= 15 is 0 Å². The molecule has 0 spiro atoms. The second kappa shape index (κ2) is 13.5. The van der Waals surface area contributed by atoms with Gasteiger partial charge in [0.15, 0.2) is 11.5 Å². The molecule has 42 heavy (non-hydrogen) atoms. The predicted octanol–water partition coefficient (Wildman–Crippen LogP) is 3.90. The number of rotatable bonds is 5. The number of hydrogen-bond donors (Lipinski definition) is 1. The highest BCUT2D eigenvalue weighted by Crippen LogP contribution is 2.31. The van der Waals surface area contributed by atoms with Crippen LogP contribution in [0.2, 0.25) is 0 Å². The van der Waals surface area contributed by atoms with Gasteiger partial charge in [-0.3, -0.25) is 9.69 Å². The molecule has 2 aliphatic rings. The van der Waals surface area contributed by atoms with Crippen molar-refractivity contribution < 1.29 is 23.7 Å². The van der Waals surface area contributed by atoms with Crippen LogP contribution in [0.25, 0.3) is 11.1 Å². The van der Waals surface area contributed by atoms with Crippen LogP contribution in [0.15, 0.2) is 85.5 Å². The number of fused-ring (bicyclic) bond motifs is 4. The number of aromatic nitrogens is 2. The normalized spacial score (nSPS) is 17.3. The molecule has 6 rings (SSSR count). The molecule has 0 aliphatic carbocycles. The summed E-state index contributed by atoms with van der Waals surface area (Å²) < 4.78 is 23.8. The molecule has 2 aliphatic heterocycles. The van der Waals surface area contributed by atoms with Gasteiger partial charge in [0.25, 0.3) is 0 Å². The lowest BCUT2D eigenvalue weighted by molar-refractivity contribution is -0.123. The molecule has 1 amide bonds. The molecule has 0 fully saturated rings. The van der Waals surface area contributed by atoms with E-state index in [1.54, 1.807) is 0 Å². The van der Waals surface area contributed by atoms with E-state index in [9.17, 15) is 4.79 Å². The minimum Gasteiger partial charge on any atom is -0.491 e. The van der Waals surface area contributed by atoms with Crippen molar-refractivity contribution in [2.75, 3.05) is 46.1 Å². The van der Waals surface area contributed by atoms with Gasteiger partial charge in [0.2, 0.25) is 5.91 Å². The first-order valence-corrected chi connectivity index (χ1v) is 14.2. The summed E-state index contributed by atoms with van der Waals surface area (Å²) in [6, 6.07) is 22.3. The summed E-state index contributed by atoms with van der Waals surface area (Å²) in [6.45, 7) is 3.66. The van der Waals surface area contributed by atoms with E-state index in [-0.39, 0.29) is 18.6 Å². The van der Waals surface area contributed by atoms with E-state index < -0.39 is 0 Å². The number of carbonyl (C=O) groups is 1. The standard InChI is InChI=1S/C33H34N4O5/c38-33(36-19-29-22-41-31-6-1-2-7-32(31)42-29)21-37-10-11-39-12-13-40-30-9-8-26(28-17-34-23-35-18-28)16-27(30)15-24-4-3-5-25(14-24)20-37/h1-9,14,16-18,23,29H,10-13,15,19-22H2,(H,36,38). The van der Waals surface area contributed by atoms with Gasteiger partial charge >= 0.3 is 0 Å². The summed E-state index contributed by atoms with van der Waals surface area (Å²) in [4.78, 5) is 23.4. The van der Waals surface area contributed by atoms with Gasteiger partial charge in [-0.25, -0.2) is 9.97 Å². The van der Waals surface area contributed by atoms with Crippen LogP contribution in [-0.4, -0.2) is 72.9 Å². The maximum atomic E-state index is 13.0. The predicted molar refractivity (Wildman–Crippen MR) is 158 cm³/mol. The van der Waals surface area contributed by atoms with Crippen molar-refractivity contribution in [2.24, 2.45) is 0 Å². The second-order valence-corrected chi connectivity index (χ2v) is 10.4. The third-order valence-corrected chi connectivity index (χ3v) is 7.25. The lowest BCUT2D eigenvalue weighted by Gasteiger charge is -2.27. The molecule has 4 aromatic rings. The number of para-hydroxylation sites is 2. The average Bonchev–Trinajstić information content (AvgIpc) is 3.02. The third-order valence-electron chi connectivity index (χ3n) is 7.25. The van der Waals surface area contributed by atoms with Gasteiger partial charge in [-0.15, -0.1) is 0 Å². The fourth-order valence-corrected chi connectivity index (χ4v) is 5.17. The summed E-state index contributed by atoms with van der Waals surface area (Å²) >= 11 is 0. The largest absolute Gasteiger partial charge is 0.491 e. The van der Waals surface area contributed by atoms with Crippen molar-refractivity contribution in [3.05, 3.63) is 102 Å². The van der Waals surface area contributed by atoms with Crippen molar-refractivity contribution in [3.8, 4) is 28.4 Å². The van der Waals surface area contributed by atoms with Crippen LogP contribution in [0, 0.1) is 0 Å². The minimum absolute atomic E-state index is 0.0654. The van der Waals surface area contributed by atoms with Gasteiger partial charge in [-0.2, -0.15) is 0 Å². The Hall–Kier alpha value is -4.47. The Morgan fingerprint density at radius 3 is 2.62 bits per heavy atom. The lowest BCUT2D eigenvalue weighted by atomic mass is 9.98. The van der Waals surface area contributed by atoms with Gasteiger partial charge in [-0.1, -0.05) is 42.5 Å². The molecule has 216 valence electrons. The maximum absolute atomic E-state index is 13.0. The van der Waals surface area contributed by atoms with Crippen molar-refractivity contribution >= 4 is 5.91 Å². The fraction of sp³-hybridized carbons (Fsp3) is 0.303.